The number of hydrogen-bond acceptors (Lipinski definition) is 4. The van der Waals surface area contributed by atoms with Crippen molar-refractivity contribution in [3.63, 3.8) is 0 Å². The van der Waals surface area contributed by atoms with E-state index in [1.165, 1.54) is 0 Å². The number of likely N-dealkylation sites (tertiary alicyclic amines) is 2. The zero-order valence-corrected chi connectivity index (χ0v) is 20.2. The van der Waals surface area contributed by atoms with Crippen molar-refractivity contribution in [1.82, 2.24) is 9.80 Å². The monoisotopic (exact) mass is 489 g/mol. The van der Waals surface area contributed by atoms with Crippen LogP contribution in [0.15, 0.2) is 42.5 Å². The van der Waals surface area contributed by atoms with E-state index in [2.05, 4.69) is 10.2 Å². The van der Waals surface area contributed by atoms with Gasteiger partial charge in [-0.15, -0.1) is 0 Å². The Morgan fingerprint density at radius 2 is 1.70 bits per heavy atom. The van der Waals surface area contributed by atoms with Crippen LogP contribution < -0.4 is 10.1 Å². The lowest BCUT2D eigenvalue weighted by atomic mass is 9.92. The van der Waals surface area contributed by atoms with Gasteiger partial charge in [0.2, 0.25) is 5.91 Å². The Bertz CT molecular complexity index is 1000. The molecule has 8 heteroatoms. The molecule has 2 aliphatic heterocycles. The molecule has 6 nitrogen and oxygen atoms in total. The number of piperidine rings is 2. The molecule has 0 aliphatic carbocycles. The van der Waals surface area contributed by atoms with E-state index in [-0.39, 0.29) is 17.7 Å². The first kappa shape index (κ1) is 23.9. The number of carbonyl (C=O) groups excluding carboxylic acids is 2. The van der Waals surface area contributed by atoms with Crippen LogP contribution >= 0.6 is 23.2 Å². The molecule has 33 heavy (non-hydrogen) atoms. The van der Waals surface area contributed by atoms with Gasteiger partial charge < -0.3 is 19.9 Å². The number of halogens is 2. The molecule has 0 bridgehead atoms. The van der Waals surface area contributed by atoms with Crippen LogP contribution in [0.25, 0.3) is 0 Å². The first-order valence-corrected chi connectivity index (χ1v) is 12.1. The fourth-order valence-electron chi connectivity index (χ4n) is 4.74. The van der Waals surface area contributed by atoms with Crippen LogP contribution in [0, 0.1) is 5.92 Å². The minimum Gasteiger partial charge on any atom is -0.497 e. The molecule has 2 aromatic carbocycles. The summed E-state index contributed by atoms with van der Waals surface area (Å²) in [7, 11) is 1.61. The van der Waals surface area contributed by atoms with Crippen molar-refractivity contribution < 1.29 is 14.3 Å². The molecule has 0 aromatic heterocycles. The van der Waals surface area contributed by atoms with E-state index in [1.807, 2.05) is 29.2 Å². The second-order valence-corrected chi connectivity index (χ2v) is 9.52. The summed E-state index contributed by atoms with van der Waals surface area (Å²) in [6, 6.07) is 12.9. The van der Waals surface area contributed by atoms with Gasteiger partial charge in [-0.3, -0.25) is 9.59 Å². The lowest BCUT2D eigenvalue weighted by molar-refractivity contribution is -0.121. The molecule has 0 saturated carbocycles. The van der Waals surface area contributed by atoms with Crippen LogP contribution in [0.2, 0.25) is 10.0 Å². The van der Waals surface area contributed by atoms with Crippen LogP contribution in [0.5, 0.6) is 5.75 Å². The minimum absolute atomic E-state index is 0.0150. The highest BCUT2D eigenvalue weighted by molar-refractivity contribution is 6.36. The first-order valence-electron chi connectivity index (χ1n) is 11.4. The smallest absolute Gasteiger partial charge is 0.255 e. The number of ether oxygens (including phenoxy) is 1. The number of anilines is 1. The number of amides is 2. The van der Waals surface area contributed by atoms with Gasteiger partial charge in [0.05, 0.1) is 17.7 Å². The molecule has 2 aliphatic rings. The van der Waals surface area contributed by atoms with Crippen molar-refractivity contribution in [2.24, 2.45) is 5.92 Å². The lowest BCUT2D eigenvalue weighted by Gasteiger charge is -2.41. The average Bonchev–Trinajstić information content (AvgIpc) is 2.84. The normalized spacial score (nSPS) is 18.2. The summed E-state index contributed by atoms with van der Waals surface area (Å²) < 4.78 is 5.23. The van der Waals surface area contributed by atoms with Crippen molar-refractivity contribution in [2.75, 3.05) is 38.6 Å². The maximum absolute atomic E-state index is 12.9. The molecule has 0 atom stereocenters. The highest BCUT2D eigenvalue weighted by Gasteiger charge is 2.32. The number of carbonyl (C=O) groups is 2. The average molecular weight is 490 g/mol. The number of benzene rings is 2. The summed E-state index contributed by atoms with van der Waals surface area (Å²) in [6.45, 7) is 3.22. The van der Waals surface area contributed by atoms with Crippen molar-refractivity contribution in [3.8, 4) is 5.75 Å². The number of nitrogens with one attached hydrogen (secondary N) is 1. The summed E-state index contributed by atoms with van der Waals surface area (Å²) in [5.41, 5.74) is 1.27. The Balaban J connectivity index is 1.24. The Morgan fingerprint density at radius 3 is 2.36 bits per heavy atom. The molecule has 2 amide bonds. The molecule has 0 unspecified atom stereocenters. The Kier molecular flexibility index (Phi) is 7.78. The van der Waals surface area contributed by atoms with Crippen LogP contribution in [0.1, 0.15) is 36.0 Å². The molecule has 1 N–H and O–H groups in total. The molecule has 2 saturated heterocycles. The number of rotatable bonds is 5. The Morgan fingerprint density at radius 1 is 0.970 bits per heavy atom. The van der Waals surface area contributed by atoms with E-state index in [4.69, 9.17) is 27.9 Å². The SMILES string of the molecule is COc1cccc(NC(=O)C2CCN(C3CCN(C(=O)c4ccc(Cl)cc4Cl)CC3)CC2)c1. The van der Waals surface area contributed by atoms with E-state index in [1.54, 1.807) is 25.3 Å². The predicted octanol–water partition coefficient (Wildman–Crippen LogP) is 4.96. The molecular weight excluding hydrogens is 461 g/mol. The van der Waals surface area contributed by atoms with Gasteiger partial charge in [0.1, 0.15) is 5.75 Å². The van der Waals surface area contributed by atoms with E-state index in [0.717, 1.165) is 50.2 Å². The number of nitrogens with zero attached hydrogens (tertiary/aromatic N) is 2. The summed E-state index contributed by atoms with van der Waals surface area (Å²) >= 11 is 12.2. The third kappa shape index (κ3) is 5.81. The third-order valence-electron chi connectivity index (χ3n) is 6.67. The lowest BCUT2D eigenvalue weighted by Crippen LogP contribution is -2.49. The van der Waals surface area contributed by atoms with Crippen LogP contribution in [-0.4, -0.2) is 60.9 Å². The highest BCUT2D eigenvalue weighted by Crippen LogP contribution is 2.28. The fraction of sp³-hybridized carbons (Fsp3) is 0.440. The molecule has 2 heterocycles. The van der Waals surface area contributed by atoms with Gasteiger partial charge >= 0.3 is 0 Å². The van der Waals surface area contributed by atoms with Crippen molar-refractivity contribution in [1.29, 1.82) is 0 Å². The zero-order valence-electron chi connectivity index (χ0n) is 18.7. The number of hydrogen-bond donors (Lipinski definition) is 1. The van der Waals surface area contributed by atoms with Crippen LogP contribution in [0.4, 0.5) is 5.69 Å². The van der Waals surface area contributed by atoms with Gasteiger partial charge in [0.15, 0.2) is 0 Å². The van der Waals surface area contributed by atoms with E-state index in [9.17, 15) is 9.59 Å². The van der Waals surface area contributed by atoms with Gasteiger partial charge in [0, 0.05) is 41.8 Å². The Labute approximate surface area is 204 Å². The second kappa shape index (κ2) is 10.8. The fourth-order valence-corrected chi connectivity index (χ4v) is 5.23. The van der Waals surface area contributed by atoms with Gasteiger partial charge in [-0.25, -0.2) is 0 Å². The third-order valence-corrected chi connectivity index (χ3v) is 7.22. The van der Waals surface area contributed by atoms with Crippen molar-refractivity contribution >= 4 is 40.7 Å². The molecule has 176 valence electrons. The zero-order chi connectivity index (χ0) is 23.4. The van der Waals surface area contributed by atoms with E-state index in [0.29, 0.717) is 34.7 Å². The topological polar surface area (TPSA) is 61.9 Å². The highest BCUT2D eigenvalue weighted by atomic mass is 35.5. The summed E-state index contributed by atoms with van der Waals surface area (Å²) in [6.07, 6.45) is 3.54. The second-order valence-electron chi connectivity index (χ2n) is 8.68. The van der Waals surface area contributed by atoms with E-state index >= 15 is 0 Å². The standard InChI is InChI=1S/C25H29Cl2N3O3/c1-33-21-4-2-3-19(16-21)28-24(31)17-7-11-29(12-8-17)20-9-13-30(14-10-20)25(32)22-6-5-18(26)15-23(22)27/h2-6,15-17,20H,7-14H2,1H3,(H,28,31). The van der Waals surface area contributed by atoms with E-state index < -0.39 is 0 Å². The quantitative estimate of drug-likeness (QED) is 0.644. The van der Waals surface area contributed by atoms with Crippen molar-refractivity contribution in [2.45, 2.75) is 31.7 Å². The predicted molar refractivity (Wildman–Crippen MR) is 131 cm³/mol. The molecule has 4 rings (SSSR count). The van der Waals surface area contributed by atoms with Crippen molar-refractivity contribution in [3.05, 3.63) is 58.1 Å². The van der Waals surface area contributed by atoms with Gasteiger partial charge in [-0.1, -0.05) is 29.3 Å². The van der Waals surface area contributed by atoms with Gasteiger partial charge in [0.25, 0.3) is 5.91 Å². The molecule has 0 radical (unpaired) electrons. The maximum Gasteiger partial charge on any atom is 0.255 e. The molecule has 2 aromatic rings. The summed E-state index contributed by atoms with van der Waals surface area (Å²) in [5.74, 6) is 0.776. The largest absolute Gasteiger partial charge is 0.497 e. The molecular formula is C25H29Cl2N3O3. The van der Waals surface area contributed by atoms with Gasteiger partial charge in [-0.2, -0.15) is 0 Å². The summed E-state index contributed by atoms with van der Waals surface area (Å²) in [5, 5.41) is 3.94. The minimum atomic E-state index is -0.0389. The summed E-state index contributed by atoms with van der Waals surface area (Å²) in [4.78, 5) is 29.9. The Hall–Kier alpha value is -2.28. The van der Waals surface area contributed by atoms with Crippen LogP contribution in [0.3, 0.4) is 0 Å². The first-order chi connectivity index (χ1) is 15.9. The van der Waals surface area contributed by atoms with Crippen LogP contribution in [-0.2, 0) is 4.79 Å². The maximum atomic E-state index is 12.9. The molecule has 2 fully saturated rings. The number of methoxy groups -OCH3 is 1. The van der Waals surface area contributed by atoms with Gasteiger partial charge in [-0.05, 0) is 69.1 Å². The molecule has 0 spiro atoms.